The third kappa shape index (κ3) is 2.81. The van der Waals surface area contributed by atoms with Gasteiger partial charge in [0.25, 0.3) is 0 Å². The number of rotatable bonds is 3. The van der Waals surface area contributed by atoms with Gasteiger partial charge in [-0.25, -0.2) is 0 Å². The van der Waals surface area contributed by atoms with Crippen LogP contribution in [0.15, 0.2) is 24.3 Å². The standard InChI is InChI=1S/C16H22N2O/c1-12-5-2-3-8-15(12)17-16(19)11-18-9-13-6-4-7-14(13)10-18/h2-3,5,8,13-14H,4,6-7,9-11H2,1H3,(H,17,19). The van der Waals surface area contributed by atoms with Crippen molar-refractivity contribution in [3.63, 3.8) is 0 Å². The lowest BCUT2D eigenvalue weighted by molar-refractivity contribution is -0.117. The summed E-state index contributed by atoms with van der Waals surface area (Å²) in [5.41, 5.74) is 2.06. The van der Waals surface area contributed by atoms with Crippen molar-refractivity contribution in [1.29, 1.82) is 0 Å². The average Bonchev–Trinajstić information content (AvgIpc) is 2.92. The summed E-state index contributed by atoms with van der Waals surface area (Å²) >= 11 is 0. The number of carbonyl (C=O) groups excluding carboxylic acids is 1. The molecular formula is C16H22N2O. The van der Waals surface area contributed by atoms with Crippen molar-refractivity contribution in [3.05, 3.63) is 29.8 Å². The predicted molar refractivity (Wildman–Crippen MR) is 77.1 cm³/mol. The van der Waals surface area contributed by atoms with Crippen LogP contribution in [0.4, 0.5) is 5.69 Å². The van der Waals surface area contributed by atoms with Crippen LogP contribution in [0.5, 0.6) is 0 Å². The summed E-state index contributed by atoms with van der Waals surface area (Å²) in [6, 6.07) is 7.94. The first kappa shape index (κ1) is 12.7. The predicted octanol–water partition coefficient (Wildman–Crippen LogP) is 2.67. The Labute approximate surface area is 115 Å². The Balaban J connectivity index is 1.53. The molecule has 0 radical (unpaired) electrons. The van der Waals surface area contributed by atoms with Gasteiger partial charge in [0.05, 0.1) is 6.54 Å². The van der Waals surface area contributed by atoms with Crippen LogP contribution in [0.1, 0.15) is 24.8 Å². The number of nitrogens with one attached hydrogen (secondary N) is 1. The molecule has 1 aliphatic heterocycles. The monoisotopic (exact) mass is 258 g/mol. The van der Waals surface area contributed by atoms with E-state index in [9.17, 15) is 4.79 Å². The van der Waals surface area contributed by atoms with Crippen LogP contribution in [-0.4, -0.2) is 30.4 Å². The lowest BCUT2D eigenvalue weighted by Crippen LogP contribution is -2.32. The average molecular weight is 258 g/mol. The van der Waals surface area contributed by atoms with Crippen LogP contribution in [0, 0.1) is 18.8 Å². The molecule has 2 fully saturated rings. The summed E-state index contributed by atoms with van der Waals surface area (Å²) in [4.78, 5) is 14.4. The summed E-state index contributed by atoms with van der Waals surface area (Å²) in [5, 5.41) is 3.02. The molecule has 1 aromatic carbocycles. The molecule has 0 spiro atoms. The number of likely N-dealkylation sites (tertiary alicyclic amines) is 1. The van der Waals surface area contributed by atoms with Gasteiger partial charge in [0.2, 0.25) is 5.91 Å². The minimum absolute atomic E-state index is 0.120. The number of hydrogen-bond acceptors (Lipinski definition) is 2. The number of para-hydroxylation sites is 1. The second kappa shape index (κ2) is 5.33. The Kier molecular flexibility index (Phi) is 3.56. The van der Waals surface area contributed by atoms with Gasteiger partial charge < -0.3 is 5.32 Å². The molecule has 19 heavy (non-hydrogen) atoms. The molecule has 1 amide bonds. The second-order valence-corrected chi connectivity index (χ2v) is 6.01. The molecule has 102 valence electrons. The van der Waals surface area contributed by atoms with Crippen molar-refractivity contribution in [3.8, 4) is 0 Å². The van der Waals surface area contributed by atoms with Crippen LogP contribution < -0.4 is 5.32 Å². The molecule has 3 rings (SSSR count). The van der Waals surface area contributed by atoms with E-state index in [0.29, 0.717) is 6.54 Å². The van der Waals surface area contributed by atoms with Crippen molar-refractivity contribution in [2.24, 2.45) is 11.8 Å². The van der Waals surface area contributed by atoms with Crippen LogP contribution in [-0.2, 0) is 4.79 Å². The fourth-order valence-corrected chi connectivity index (χ4v) is 3.57. The van der Waals surface area contributed by atoms with Gasteiger partial charge in [-0.05, 0) is 43.2 Å². The van der Waals surface area contributed by atoms with Crippen LogP contribution in [0.2, 0.25) is 0 Å². The Morgan fingerprint density at radius 1 is 1.26 bits per heavy atom. The van der Waals surface area contributed by atoms with Crippen LogP contribution in [0.25, 0.3) is 0 Å². The van der Waals surface area contributed by atoms with E-state index in [4.69, 9.17) is 0 Å². The molecule has 0 bridgehead atoms. The number of fused-ring (bicyclic) bond motifs is 1. The van der Waals surface area contributed by atoms with E-state index in [0.717, 1.165) is 36.2 Å². The molecule has 3 heteroatoms. The smallest absolute Gasteiger partial charge is 0.238 e. The zero-order valence-electron chi connectivity index (χ0n) is 11.6. The molecule has 1 aromatic rings. The Morgan fingerprint density at radius 3 is 2.63 bits per heavy atom. The number of amides is 1. The molecular weight excluding hydrogens is 236 g/mol. The maximum atomic E-state index is 12.1. The summed E-state index contributed by atoms with van der Waals surface area (Å²) in [6.07, 6.45) is 4.11. The third-order valence-electron chi connectivity index (χ3n) is 4.59. The lowest BCUT2D eigenvalue weighted by atomic mass is 10.0. The first-order valence-electron chi connectivity index (χ1n) is 7.30. The summed E-state index contributed by atoms with van der Waals surface area (Å²) in [7, 11) is 0. The van der Waals surface area contributed by atoms with Crippen LogP contribution in [0.3, 0.4) is 0 Å². The number of anilines is 1. The minimum atomic E-state index is 0.120. The summed E-state index contributed by atoms with van der Waals surface area (Å²) in [5.74, 6) is 1.83. The SMILES string of the molecule is Cc1ccccc1NC(=O)CN1CC2CCCC2C1. The van der Waals surface area contributed by atoms with Gasteiger partial charge >= 0.3 is 0 Å². The highest BCUT2D eigenvalue weighted by molar-refractivity contribution is 5.92. The molecule has 0 aromatic heterocycles. The van der Waals surface area contributed by atoms with Crippen molar-refractivity contribution < 1.29 is 4.79 Å². The molecule has 1 saturated carbocycles. The van der Waals surface area contributed by atoms with Crippen molar-refractivity contribution in [1.82, 2.24) is 4.90 Å². The maximum absolute atomic E-state index is 12.1. The Morgan fingerprint density at radius 2 is 1.95 bits per heavy atom. The largest absolute Gasteiger partial charge is 0.325 e. The van der Waals surface area contributed by atoms with E-state index < -0.39 is 0 Å². The summed E-state index contributed by atoms with van der Waals surface area (Å²) in [6.45, 7) is 4.80. The number of benzene rings is 1. The minimum Gasteiger partial charge on any atom is -0.325 e. The van der Waals surface area contributed by atoms with E-state index in [1.165, 1.54) is 19.3 Å². The Hall–Kier alpha value is -1.35. The molecule has 1 heterocycles. The fourth-order valence-electron chi connectivity index (χ4n) is 3.57. The lowest BCUT2D eigenvalue weighted by Gasteiger charge is -2.16. The van der Waals surface area contributed by atoms with E-state index in [1.54, 1.807) is 0 Å². The van der Waals surface area contributed by atoms with Gasteiger partial charge in [-0.1, -0.05) is 24.6 Å². The van der Waals surface area contributed by atoms with Gasteiger partial charge in [-0.15, -0.1) is 0 Å². The molecule has 2 unspecified atom stereocenters. The van der Waals surface area contributed by atoms with Crippen molar-refractivity contribution >= 4 is 11.6 Å². The van der Waals surface area contributed by atoms with E-state index in [2.05, 4.69) is 10.2 Å². The maximum Gasteiger partial charge on any atom is 0.238 e. The number of hydrogen-bond donors (Lipinski definition) is 1. The topological polar surface area (TPSA) is 32.3 Å². The molecule has 1 N–H and O–H groups in total. The Bertz CT molecular complexity index is 460. The highest BCUT2D eigenvalue weighted by Gasteiger charge is 2.36. The van der Waals surface area contributed by atoms with Gasteiger partial charge in [0.15, 0.2) is 0 Å². The molecule has 2 aliphatic rings. The zero-order chi connectivity index (χ0) is 13.2. The number of aryl methyl sites for hydroxylation is 1. The van der Waals surface area contributed by atoms with E-state index >= 15 is 0 Å². The van der Waals surface area contributed by atoms with Gasteiger partial charge in [0, 0.05) is 18.8 Å². The zero-order valence-corrected chi connectivity index (χ0v) is 11.6. The second-order valence-electron chi connectivity index (χ2n) is 6.01. The number of nitrogens with zero attached hydrogens (tertiary/aromatic N) is 1. The third-order valence-corrected chi connectivity index (χ3v) is 4.59. The van der Waals surface area contributed by atoms with Crippen molar-refractivity contribution in [2.75, 3.05) is 25.0 Å². The highest BCUT2D eigenvalue weighted by atomic mass is 16.2. The first-order chi connectivity index (χ1) is 9.22. The molecule has 1 aliphatic carbocycles. The molecule has 2 atom stereocenters. The van der Waals surface area contributed by atoms with Crippen LogP contribution >= 0.6 is 0 Å². The van der Waals surface area contributed by atoms with E-state index in [-0.39, 0.29) is 5.91 Å². The number of carbonyl (C=O) groups is 1. The van der Waals surface area contributed by atoms with Gasteiger partial charge in [-0.2, -0.15) is 0 Å². The normalized spacial score (nSPS) is 26.4. The van der Waals surface area contributed by atoms with Gasteiger partial charge in [0.1, 0.15) is 0 Å². The van der Waals surface area contributed by atoms with Gasteiger partial charge in [-0.3, -0.25) is 9.69 Å². The quantitative estimate of drug-likeness (QED) is 0.904. The fraction of sp³-hybridized carbons (Fsp3) is 0.562. The van der Waals surface area contributed by atoms with E-state index in [1.807, 2.05) is 31.2 Å². The van der Waals surface area contributed by atoms with Crippen molar-refractivity contribution in [2.45, 2.75) is 26.2 Å². The molecule has 3 nitrogen and oxygen atoms in total. The first-order valence-corrected chi connectivity index (χ1v) is 7.30. The molecule has 1 saturated heterocycles. The highest BCUT2D eigenvalue weighted by Crippen LogP contribution is 2.37. The summed E-state index contributed by atoms with van der Waals surface area (Å²) < 4.78 is 0.